The van der Waals surface area contributed by atoms with Crippen molar-refractivity contribution in [1.29, 1.82) is 0 Å². The molecule has 47 heavy (non-hydrogen) atoms. The maximum Gasteiger partial charge on any atom is 0.282 e. The highest BCUT2D eigenvalue weighted by Crippen LogP contribution is 2.34. The Labute approximate surface area is 275 Å². The van der Waals surface area contributed by atoms with Gasteiger partial charge in [0, 0.05) is 42.7 Å². The summed E-state index contributed by atoms with van der Waals surface area (Å²) in [6, 6.07) is 24.5. The summed E-state index contributed by atoms with van der Waals surface area (Å²) < 4.78 is 13.3. The molecule has 0 fully saturated rings. The van der Waals surface area contributed by atoms with Gasteiger partial charge in [-0.2, -0.15) is 9.78 Å². The van der Waals surface area contributed by atoms with Crippen LogP contribution in [0.3, 0.4) is 0 Å². The number of nitrogens with zero attached hydrogens (tertiary/aromatic N) is 4. The quantitative estimate of drug-likeness (QED) is 0.155. The third kappa shape index (κ3) is 7.35. The molecule has 1 heterocycles. The number of para-hydroxylation sites is 2. The van der Waals surface area contributed by atoms with Crippen molar-refractivity contribution in [2.45, 2.75) is 40.5 Å². The molecule has 0 radical (unpaired) electrons. The van der Waals surface area contributed by atoms with Gasteiger partial charge in [-0.3, -0.25) is 9.59 Å². The number of carbonyl (C=O) groups is 1. The Bertz CT molecular complexity index is 2010. The lowest BCUT2D eigenvalue weighted by Gasteiger charge is -2.18. The molecule has 1 amide bonds. The molecule has 9 heteroatoms. The predicted molar refractivity (Wildman–Crippen MR) is 190 cm³/mol. The van der Waals surface area contributed by atoms with Crippen molar-refractivity contribution in [2.75, 3.05) is 37.5 Å². The molecule has 0 bridgehead atoms. The van der Waals surface area contributed by atoms with Crippen molar-refractivity contribution < 1.29 is 14.3 Å². The van der Waals surface area contributed by atoms with E-state index in [2.05, 4.69) is 19.2 Å². The smallest absolute Gasteiger partial charge is 0.282 e. The van der Waals surface area contributed by atoms with Crippen LogP contribution in [-0.4, -0.2) is 49.1 Å². The lowest BCUT2D eigenvalue weighted by atomic mass is 9.96. The van der Waals surface area contributed by atoms with E-state index in [0.29, 0.717) is 34.6 Å². The summed E-state index contributed by atoms with van der Waals surface area (Å²) in [5.74, 6) is 1.57. The van der Waals surface area contributed by atoms with Crippen LogP contribution in [-0.2, 0) is 4.79 Å². The van der Waals surface area contributed by atoms with Crippen molar-refractivity contribution in [3.8, 4) is 22.9 Å². The molecule has 0 spiro atoms. The van der Waals surface area contributed by atoms with Crippen LogP contribution < -0.4 is 25.2 Å². The maximum atomic E-state index is 14.0. The molecule has 4 aromatic carbocycles. The summed E-state index contributed by atoms with van der Waals surface area (Å²) in [6.07, 6.45) is 1.57. The van der Waals surface area contributed by atoms with E-state index >= 15 is 0 Å². The van der Waals surface area contributed by atoms with Gasteiger partial charge in [-0.15, -0.1) is 0 Å². The van der Waals surface area contributed by atoms with Crippen LogP contribution >= 0.6 is 0 Å². The third-order valence-electron chi connectivity index (χ3n) is 7.88. The van der Waals surface area contributed by atoms with Crippen LogP contribution in [0.15, 0.2) is 88.8 Å². The summed E-state index contributed by atoms with van der Waals surface area (Å²) in [5.41, 5.74) is 6.15. The van der Waals surface area contributed by atoms with Crippen molar-refractivity contribution in [3.05, 3.63) is 111 Å². The van der Waals surface area contributed by atoms with E-state index in [-0.39, 0.29) is 24.0 Å². The third-order valence-corrected chi connectivity index (χ3v) is 7.88. The number of ether oxygens (including phenoxy) is 2. The first-order valence-corrected chi connectivity index (χ1v) is 15.7. The minimum atomic E-state index is -0.300. The van der Waals surface area contributed by atoms with Gasteiger partial charge in [-0.25, -0.2) is 4.98 Å². The summed E-state index contributed by atoms with van der Waals surface area (Å²) in [7, 11) is 3.85. The monoisotopic (exact) mass is 631 g/mol. The second-order valence-corrected chi connectivity index (χ2v) is 11.9. The number of aromatic nitrogens is 2. The van der Waals surface area contributed by atoms with Crippen molar-refractivity contribution in [3.63, 3.8) is 0 Å². The normalized spacial score (nSPS) is 11.3. The Morgan fingerprint density at radius 3 is 2.43 bits per heavy atom. The highest BCUT2D eigenvalue weighted by molar-refractivity contribution is 5.93. The van der Waals surface area contributed by atoms with E-state index in [1.54, 1.807) is 12.3 Å². The minimum absolute atomic E-state index is 0.179. The number of hydrogen-bond acceptors (Lipinski definition) is 7. The van der Waals surface area contributed by atoms with Crippen LogP contribution in [0, 0.1) is 13.8 Å². The van der Waals surface area contributed by atoms with E-state index in [4.69, 9.17) is 19.6 Å². The lowest BCUT2D eigenvalue weighted by molar-refractivity contribution is -0.118. The van der Waals surface area contributed by atoms with Crippen LogP contribution in [0.25, 0.3) is 22.3 Å². The number of nitrogens with one attached hydrogen (secondary N) is 1. The van der Waals surface area contributed by atoms with Crippen LogP contribution in [0.4, 0.5) is 11.4 Å². The zero-order valence-corrected chi connectivity index (χ0v) is 28.0. The van der Waals surface area contributed by atoms with Crippen molar-refractivity contribution >= 4 is 34.4 Å². The first kappa shape index (κ1) is 32.9. The highest BCUT2D eigenvalue weighted by atomic mass is 16.5. The minimum Gasteiger partial charge on any atom is -0.494 e. The molecule has 0 aliphatic rings. The van der Waals surface area contributed by atoms with Gasteiger partial charge in [0.2, 0.25) is 0 Å². The summed E-state index contributed by atoms with van der Waals surface area (Å²) in [5, 5.41) is 8.07. The molecule has 0 saturated heterocycles. The maximum absolute atomic E-state index is 14.0. The molecule has 9 nitrogen and oxygen atoms in total. The fraction of sp³-hybridized carbons (Fsp3) is 0.263. The van der Waals surface area contributed by atoms with Crippen LogP contribution in [0.2, 0.25) is 0 Å². The van der Waals surface area contributed by atoms with E-state index in [9.17, 15) is 9.59 Å². The Morgan fingerprint density at radius 2 is 1.70 bits per heavy atom. The second kappa shape index (κ2) is 14.3. The van der Waals surface area contributed by atoms with Crippen molar-refractivity contribution in [2.24, 2.45) is 5.10 Å². The van der Waals surface area contributed by atoms with Gasteiger partial charge in [0.1, 0.15) is 11.5 Å². The average molecular weight is 632 g/mol. The Balaban J connectivity index is 1.58. The number of aryl methyl sites for hydroxylation is 2. The molecule has 0 atom stereocenters. The first-order valence-electron chi connectivity index (χ1n) is 15.7. The molecule has 242 valence electrons. The van der Waals surface area contributed by atoms with Gasteiger partial charge >= 0.3 is 0 Å². The predicted octanol–water partition coefficient (Wildman–Crippen LogP) is 7.17. The molecule has 5 aromatic rings. The van der Waals surface area contributed by atoms with E-state index < -0.39 is 0 Å². The molecule has 1 aromatic heterocycles. The standard InChI is InChI=1S/C38H41N5O4/c1-8-46-35-19-26(5)31(21-30(35)24(2)3)37-41-33-16-12-10-14-29(33)38(45)43(37)39-22-27-17-18-28(42(6)7)20-34(27)47-23-36(44)40-32-15-11-9-13-25(32)4/h9-22,24H,8,23H2,1-7H3,(H,40,44). The van der Waals surface area contributed by atoms with Gasteiger partial charge in [0.25, 0.3) is 11.5 Å². The van der Waals surface area contributed by atoms with Crippen molar-refractivity contribution in [1.82, 2.24) is 9.66 Å². The summed E-state index contributed by atoms with van der Waals surface area (Å²) in [6.45, 7) is 10.4. The zero-order valence-electron chi connectivity index (χ0n) is 28.0. The van der Waals surface area contributed by atoms with E-state index in [1.165, 1.54) is 4.68 Å². The molecule has 1 N–H and O–H groups in total. The van der Waals surface area contributed by atoms with Gasteiger partial charge < -0.3 is 19.7 Å². The van der Waals surface area contributed by atoms with Crippen LogP contribution in [0.5, 0.6) is 11.5 Å². The zero-order chi connectivity index (χ0) is 33.7. The number of carbonyl (C=O) groups excluding carboxylic acids is 1. The van der Waals surface area contributed by atoms with Gasteiger partial charge in [0.15, 0.2) is 12.4 Å². The SMILES string of the molecule is CCOc1cc(C)c(-c2nc3ccccc3c(=O)n2N=Cc2ccc(N(C)C)cc2OCC(=O)Nc2ccccc2C)cc1C(C)C. The first-order chi connectivity index (χ1) is 22.6. The summed E-state index contributed by atoms with van der Waals surface area (Å²) in [4.78, 5) is 33.7. The van der Waals surface area contributed by atoms with E-state index in [0.717, 1.165) is 39.4 Å². The number of hydrogen-bond donors (Lipinski definition) is 1. The topological polar surface area (TPSA) is 98.1 Å². The Kier molecular flexibility index (Phi) is 10.0. The Morgan fingerprint density at radius 1 is 0.957 bits per heavy atom. The molecule has 0 saturated carbocycles. The number of amides is 1. The Hall–Kier alpha value is -5.44. The van der Waals surface area contributed by atoms with Crippen LogP contribution in [0.1, 0.15) is 48.9 Å². The fourth-order valence-corrected chi connectivity index (χ4v) is 5.27. The van der Waals surface area contributed by atoms with Gasteiger partial charge in [-0.1, -0.05) is 44.2 Å². The van der Waals surface area contributed by atoms with Gasteiger partial charge in [0.05, 0.1) is 23.7 Å². The number of fused-ring (bicyclic) bond motifs is 1. The molecule has 5 rings (SSSR count). The fourth-order valence-electron chi connectivity index (χ4n) is 5.27. The lowest BCUT2D eigenvalue weighted by Crippen LogP contribution is -2.22. The average Bonchev–Trinajstić information content (AvgIpc) is 3.04. The number of rotatable bonds is 11. The molecular formula is C38H41N5O4. The molecule has 0 aliphatic carbocycles. The van der Waals surface area contributed by atoms with Gasteiger partial charge in [-0.05, 0) is 85.8 Å². The largest absolute Gasteiger partial charge is 0.494 e. The molecule has 0 unspecified atom stereocenters. The highest BCUT2D eigenvalue weighted by Gasteiger charge is 2.19. The summed E-state index contributed by atoms with van der Waals surface area (Å²) >= 11 is 0. The van der Waals surface area contributed by atoms with E-state index in [1.807, 2.05) is 113 Å². The number of anilines is 2. The molecule has 0 aliphatic heterocycles. The molecular weight excluding hydrogens is 590 g/mol. The second-order valence-electron chi connectivity index (χ2n) is 11.9. The number of benzene rings is 4.